The molecule has 1 fully saturated rings. The van der Waals surface area contributed by atoms with E-state index in [0.29, 0.717) is 13.2 Å². The third kappa shape index (κ3) is 3.20. The number of hydrogen-bond acceptors (Lipinski definition) is 4. The van der Waals surface area contributed by atoms with Crippen molar-refractivity contribution in [3.05, 3.63) is 0 Å². The molecular weight excluding hydrogens is 182 g/mol. The van der Waals surface area contributed by atoms with Crippen LogP contribution in [0.1, 0.15) is 19.3 Å². The molecule has 0 amide bonds. The number of aliphatic hydroxyl groups is 2. The summed E-state index contributed by atoms with van der Waals surface area (Å²) in [6.45, 7) is 0.919. The van der Waals surface area contributed by atoms with E-state index in [1.807, 2.05) is 11.9 Å². The van der Waals surface area contributed by atoms with E-state index in [1.54, 1.807) is 7.11 Å². The molecule has 3 unspecified atom stereocenters. The highest BCUT2D eigenvalue weighted by Gasteiger charge is 2.29. The summed E-state index contributed by atoms with van der Waals surface area (Å²) in [4.78, 5) is 2.03. The van der Waals surface area contributed by atoms with Gasteiger partial charge in [-0.15, -0.1) is 0 Å². The second kappa shape index (κ2) is 5.66. The molecule has 84 valence electrons. The molecule has 0 saturated heterocycles. The van der Waals surface area contributed by atoms with E-state index in [1.165, 1.54) is 0 Å². The van der Waals surface area contributed by atoms with Crippen LogP contribution in [0.5, 0.6) is 0 Å². The van der Waals surface area contributed by atoms with Crippen molar-refractivity contribution < 1.29 is 14.9 Å². The molecule has 1 saturated carbocycles. The van der Waals surface area contributed by atoms with Crippen LogP contribution in [0, 0.1) is 0 Å². The Bertz CT molecular complexity index is 165. The van der Waals surface area contributed by atoms with E-state index in [9.17, 15) is 10.2 Å². The fourth-order valence-corrected chi connectivity index (χ4v) is 2.15. The van der Waals surface area contributed by atoms with Crippen molar-refractivity contribution in [1.29, 1.82) is 0 Å². The molecule has 0 aromatic carbocycles. The lowest BCUT2D eigenvalue weighted by molar-refractivity contribution is 0.0157. The van der Waals surface area contributed by atoms with Crippen molar-refractivity contribution >= 4 is 0 Å². The number of hydrogen-bond donors (Lipinski definition) is 2. The molecule has 0 spiro atoms. The summed E-state index contributed by atoms with van der Waals surface area (Å²) in [5, 5.41) is 19.2. The Morgan fingerprint density at radius 1 is 1.50 bits per heavy atom. The Hall–Kier alpha value is -0.160. The Morgan fingerprint density at radius 2 is 2.21 bits per heavy atom. The Morgan fingerprint density at radius 3 is 2.71 bits per heavy atom. The van der Waals surface area contributed by atoms with E-state index in [0.717, 1.165) is 19.3 Å². The maximum absolute atomic E-state index is 9.65. The zero-order valence-electron chi connectivity index (χ0n) is 9.02. The van der Waals surface area contributed by atoms with Crippen molar-refractivity contribution in [3.8, 4) is 0 Å². The first-order valence-electron chi connectivity index (χ1n) is 5.20. The van der Waals surface area contributed by atoms with Crippen molar-refractivity contribution in [3.63, 3.8) is 0 Å². The van der Waals surface area contributed by atoms with Crippen LogP contribution in [-0.4, -0.2) is 60.7 Å². The van der Waals surface area contributed by atoms with Crippen molar-refractivity contribution in [2.24, 2.45) is 0 Å². The molecular formula is C10H21NO3. The number of likely N-dealkylation sites (N-methyl/N-ethyl adjacent to an activating group) is 1. The molecule has 1 rings (SSSR count). The van der Waals surface area contributed by atoms with E-state index in [4.69, 9.17) is 4.74 Å². The third-order valence-corrected chi connectivity index (χ3v) is 2.87. The fraction of sp³-hybridized carbons (Fsp3) is 1.00. The SMILES string of the molecule is COCC(O)CN(C)C1CCCC1O. The maximum Gasteiger partial charge on any atom is 0.0900 e. The summed E-state index contributed by atoms with van der Waals surface area (Å²) in [6, 6.07) is 0.210. The quantitative estimate of drug-likeness (QED) is 0.652. The van der Waals surface area contributed by atoms with Crippen LogP contribution in [0.15, 0.2) is 0 Å². The fourth-order valence-electron chi connectivity index (χ4n) is 2.15. The minimum Gasteiger partial charge on any atom is -0.391 e. The van der Waals surface area contributed by atoms with Crippen LogP contribution in [-0.2, 0) is 4.74 Å². The largest absolute Gasteiger partial charge is 0.391 e. The summed E-state index contributed by atoms with van der Waals surface area (Å²) in [5.74, 6) is 0. The van der Waals surface area contributed by atoms with Crippen LogP contribution < -0.4 is 0 Å². The van der Waals surface area contributed by atoms with Gasteiger partial charge in [-0.3, -0.25) is 4.90 Å². The second-order valence-electron chi connectivity index (χ2n) is 4.11. The monoisotopic (exact) mass is 203 g/mol. The molecule has 4 heteroatoms. The lowest BCUT2D eigenvalue weighted by atomic mass is 10.2. The van der Waals surface area contributed by atoms with Gasteiger partial charge in [0.05, 0.1) is 18.8 Å². The summed E-state index contributed by atoms with van der Waals surface area (Å²) >= 11 is 0. The summed E-state index contributed by atoms with van der Waals surface area (Å²) in [7, 11) is 3.52. The van der Waals surface area contributed by atoms with Gasteiger partial charge >= 0.3 is 0 Å². The maximum atomic E-state index is 9.65. The molecule has 0 aromatic heterocycles. The van der Waals surface area contributed by atoms with Gasteiger partial charge in [0.2, 0.25) is 0 Å². The third-order valence-electron chi connectivity index (χ3n) is 2.87. The molecule has 0 bridgehead atoms. The van der Waals surface area contributed by atoms with E-state index in [-0.39, 0.29) is 12.1 Å². The minimum absolute atomic E-state index is 0.210. The summed E-state index contributed by atoms with van der Waals surface area (Å²) < 4.78 is 4.85. The number of nitrogens with zero attached hydrogens (tertiary/aromatic N) is 1. The van der Waals surface area contributed by atoms with Gasteiger partial charge < -0.3 is 14.9 Å². The van der Waals surface area contributed by atoms with Gasteiger partial charge in [-0.1, -0.05) is 0 Å². The molecule has 0 heterocycles. The van der Waals surface area contributed by atoms with E-state index in [2.05, 4.69) is 0 Å². The van der Waals surface area contributed by atoms with Crippen molar-refractivity contribution in [2.75, 3.05) is 27.3 Å². The molecule has 0 aromatic rings. The Labute approximate surface area is 85.5 Å². The van der Waals surface area contributed by atoms with Crippen molar-refractivity contribution in [1.82, 2.24) is 4.90 Å². The van der Waals surface area contributed by atoms with Gasteiger partial charge in [0.1, 0.15) is 0 Å². The number of methoxy groups -OCH3 is 1. The number of ether oxygens (including phenoxy) is 1. The first-order valence-corrected chi connectivity index (χ1v) is 5.20. The Balaban J connectivity index is 2.29. The first kappa shape index (κ1) is 11.9. The van der Waals surface area contributed by atoms with Gasteiger partial charge in [0.25, 0.3) is 0 Å². The van der Waals surface area contributed by atoms with Gasteiger partial charge in [-0.2, -0.15) is 0 Å². The molecule has 1 aliphatic carbocycles. The van der Waals surface area contributed by atoms with E-state index >= 15 is 0 Å². The van der Waals surface area contributed by atoms with Crippen LogP contribution in [0.2, 0.25) is 0 Å². The predicted octanol–water partition coefficient (Wildman–Crippen LogP) is -0.161. The van der Waals surface area contributed by atoms with Crippen LogP contribution in [0.3, 0.4) is 0 Å². The molecule has 1 aliphatic rings. The lowest BCUT2D eigenvalue weighted by Crippen LogP contribution is -2.42. The zero-order valence-corrected chi connectivity index (χ0v) is 9.02. The minimum atomic E-state index is -0.460. The van der Waals surface area contributed by atoms with Crippen molar-refractivity contribution in [2.45, 2.75) is 37.5 Å². The molecule has 2 N–H and O–H groups in total. The Kier molecular flexibility index (Phi) is 4.81. The molecule has 4 nitrogen and oxygen atoms in total. The number of aliphatic hydroxyl groups excluding tert-OH is 2. The summed E-state index contributed by atoms with van der Waals surface area (Å²) in [5.41, 5.74) is 0. The summed E-state index contributed by atoms with van der Waals surface area (Å²) in [6.07, 6.45) is 2.30. The zero-order chi connectivity index (χ0) is 10.6. The smallest absolute Gasteiger partial charge is 0.0900 e. The van der Waals surface area contributed by atoms with Crippen LogP contribution in [0.4, 0.5) is 0 Å². The topological polar surface area (TPSA) is 52.9 Å². The normalized spacial score (nSPS) is 29.8. The lowest BCUT2D eigenvalue weighted by Gasteiger charge is -2.28. The van der Waals surface area contributed by atoms with E-state index < -0.39 is 6.10 Å². The van der Waals surface area contributed by atoms with Crippen LogP contribution in [0.25, 0.3) is 0 Å². The number of rotatable bonds is 5. The predicted molar refractivity (Wildman–Crippen MR) is 54.2 cm³/mol. The highest BCUT2D eigenvalue weighted by atomic mass is 16.5. The van der Waals surface area contributed by atoms with Gasteiger partial charge in [0, 0.05) is 19.7 Å². The second-order valence-corrected chi connectivity index (χ2v) is 4.11. The van der Waals surface area contributed by atoms with Gasteiger partial charge in [-0.05, 0) is 26.3 Å². The highest BCUT2D eigenvalue weighted by Crippen LogP contribution is 2.23. The molecule has 14 heavy (non-hydrogen) atoms. The van der Waals surface area contributed by atoms with Crippen LogP contribution >= 0.6 is 0 Å². The first-order chi connectivity index (χ1) is 6.65. The highest BCUT2D eigenvalue weighted by molar-refractivity contribution is 4.84. The molecule has 0 radical (unpaired) electrons. The standard InChI is InChI=1S/C10H21NO3/c1-11(6-8(12)7-14-2)9-4-3-5-10(9)13/h8-10,12-13H,3-7H2,1-2H3. The van der Waals surface area contributed by atoms with Gasteiger partial charge in [0.15, 0.2) is 0 Å². The molecule has 3 atom stereocenters. The average Bonchev–Trinajstić information content (AvgIpc) is 2.51. The average molecular weight is 203 g/mol. The molecule has 0 aliphatic heterocycles. The van der Waals surface area contributed by atoms with Gasteiger partial charge in [-0.25, -0.2) is 0 Å².